The summed E-state index contributed by atoms with van der Waals surface area (Å²) in [5.41, 5.74) is 4.71. The molecule has 4 aliphatic carbocycles. The van der Waals surface area contributed by atoms with Crippen LogP contribution in [0.25, 0.3) is 0 Å². The van der Waals surface area contributed by atoms with Gasteiger partial charge in [0, 0.05) is 25.1 Å². The van der Waals surface area contributed by atoms with Gasteiger partial charge in [-0.2, -0.15) is 0 Å². The third-order valence-electron chi connectivity index (χ3n) is 19.6. The molecular formula is C75H93NO10. The van der Waals surface area contributed by atoms with E-state index in [1.807, 2.05) is 24.3 Å². The fourth-order valence-electron chi connectivity index (χ4n) is 14.8. The van der Waals surface area contributed by atoms with Crippen LogP contribution >= 0.6 is 0 Å². The van der Waals surface area contributed by atoms with Gasteiger partial charge in [0.05, 0.1) is 35.6 Å². The third kappa shape index (κ3) is 16.9. The molecule has 0 unspecified atom stereocenters. The van der Waals surface area contributed by atoms with E-state index in [0.29, 0.717) is 59.8 Å². The average molecular weight is 1170 g/mol. The van der Waals surface area contributed by atoms with E-state index in [1.54, 1.807) is 78.5 Å². The van der Waals surface area contributed by atoms with Crippen molar-refractivity contribution in [3.05, 3.63) is 155 Å². The second kappa shape index (κ2) is 30.6. The van der Waals surface area contributed by atoms with Crippen LogP contribution in [0.2, 0.25) is 0 Å². The Bertz CT molecular complexity index is 3070. The highest BCUT2D eigenvalue weighted by Crippen LogP contribution is 2.67. The Hall–Kier alpha value is -7.01. The highest BCUT2D eigenvalue weighted by molar-refractivity contribution is 5.93. The zero-order valence-electron chi connectivity index (χ0n) is 52.0. The standard InChI is InChI=1S/C75H93NO10/c1-7-8-9-10-11-12-13-14-47-81-61-36-27-56(28-37-61)71(78)84-62-38-29-57(30-39-62)73(80)86-64-21-16-20-63(50-64)85-72(79)55-25-32-59(33-26-55)76-51-54-23-34-60(35-24-54)82-48-17-22-70(77)83-65-43-45-74(5)58(49-65)31-40-66-68-42-41-67(53(4)19-15-18-52(2)3)75(68,6)46-44-69(66)74/h16,20-21,23-39,50-53,65-69H,7-15,17-19,22,40-49H2,1-6H3/t53-,65+,66+,67-,68+,69+,74+,75-/m1/s1. The lowest BCUT2D eigenvalue weighted by Gasteiger charge is -2.58. The molecule has 5 aromatic carbocycles. The first-order chi connectivity index (χ1) is 41.7. The second-order valence-corrected chi connectivity index (χ2v) is 26.0. The highest BCUT2D eigenvalue weighted by Gasteiger charge is 2.59. The summed E-state index contributed by atoms with van der Waals surface area (Å²) in [4.78, 5) is 56.7. The van der Waals surface area contributed by atoms with Crippen LogP contribution in [-0.4, -0.2) is 49.4 Å². The summed E-state index contributed by atoms with van der Waals surface area (Å²) in [6.45, 7) is 15.8. The van der Waals surface area contributed by atoms with Gasteiger partial charge in [-0.3, -0.25) is 9.79 Å². The number of carbonyl (C=O) groups is 4. The van der Waals surface area contributed by atoms with Crippen molar-refractivity contribution in [3.8, 4) is 28.7 Å². The number of rotatable bonds is 29. The minimum atomic E-state index is -0.642. The van der Waals surface area contributed by atoms with Crippen molar-refractivity contribution < 1.29 is 47.6 Å². The Kier molecular flexibility index (Phi) is 22.6. The minimum absolute atomic E-state index is 0.0384. The zero-order chi connectivity index (χ0) is 60.5. The molecule has 0 saturated heterocycles. The normalized spacial score (nSPS) is 22.6. The number of hydrogen-bond acceptors (Lipinski definition) is 11. The molecule has 0 heterocycles. The van der Waals surface area contributed by atoms with Crippen LogP contribution in [0.15, 0.2) is 138 Å². The predicted octanol–water partition coefficient (Wildman–Crippen LogP) is 18.7. The molecule has 0 spiro atoms. The van der Waals surface area contributed by atoms with E-state index in [4.69, 9.17) is 28.4 Å². The summed E-state index contributed by atoms with van der Waals surface area (Å²) in [7, 11) is 0. The van der Waals surface area contributed by atoms with Gasteiger partial charge in [-0.05, 0) is 219 Å². The highest BCUT2D eigenvalue weighted by atomic mass is 16.6. The summed E-state index contributed by atoms with van der Waals surface area (Å²) in [6.07, 6.45) is 28.8. The van der Waals surface area contributed by atoms with E-state index in [0.717, 1.165) is 73.2 Å². The first kappa shape index (κ1) is 63.5. The first-order valence-electron chi connectivity index (χ1n) is 32.5. The van der Waals surface area contributed by atoms with Gasteiger partial charge in [0.1, 0.15) is 34.9 Å². The number of aliphatic imine (C=N–C) groups is 1. The molecule has 458 valence electrons. The summed E-state index contributed by atoms with van der Waals surface area (Å²) < 4.78 is 34.7. The van der Waals surface area contributed by atoms with Gasteiger partial charge in [0.25, 0.3) is 0 Å². The maximum Gasteiger partial charge on any atom is 0.343 e. The predicted molar refractivity (Wildman–Crippen MR) is 340 cm³/mol. The molecule has 11 nitrogen and oxygen atoms in total. The number of allylic oxidation sites excluding steroid dienone is 1. The number of nitrogens with zero attached hydrogens (tertiary/aromatic N) is 1. The molecule has 86 heavy (non-hydrogen) atoms. The van der Waals surface area contributed by atoms with Crippen molar-refractivity contribution in [2.75, 3.05) is 13.2 Å². The van der Waals surface area contributed by atoms with E-state index in [1.165, 1.54) is 120 Å². The van der Waals surface area contributed by atoms with Crippen LogP contribution in [-0.2, 0) is 9.53 Å². The SMILES string of the molecule is CCCCCCCCCCOc1ccc(C(=O)Oc2ccc(C(=O)Oc3cccc(OC(=O)c4ccc(N=Cc5ccc(OCCCC(=O)O[C@H]6CC[C@@]7(C)C(=CC[C@H]8[C@@H]9CC[C@H]([C@H](C)CCCC(C)C)[C@@]9(C)CC[C@@H]87)C6)cc5)cc4)c3)cc2)cc1. The van der Waals surface area contributed by atoms with Gasteiger partial charge in [-0.15, -0.1) is 0 Å². The van der Waals surface area contributed by atoms with E-state index < -0.39 is 17.9 Å². The Morgan fingerprint density at radius 3 is 1.78 bits per heavy atom. The number of fused-ring (bicyclic) bond motifs is 5. The molecule has 11 heteroatoms. The van der Waals surface area contributed by atoms with Crippen molar-refractivity contribution in [3.63, 3.8) is 0 Å². The number of unbranched alkanes of at least 4 members (excludes halogenated alkanes) is 7. The lowest BCUT2D eigenvalue weighted by molar-refractivity contribution is -0.151. The van der Waals surface area contributed by atoms with Gasteiger partial charge in [0.2, 0.25) is 0 Å². The molecule has 0 radical (unpaired) electrons. The molecule has 9 rings (SSSR count). The van der Waals surface area contributed by atoms with Crippen molar-refractivity contribution in [1.82, 2.24) is 0 Å². The van der Waals surface area contributed by atoms with Gasteiger partial charge in [0.15, 0.2) is 0 Å². The fraction of sp³-hybridized carbons (Fsp3) is 0.507. The molecule has 0 aromatic heterocycles. The molecular weight excluding hydrogens is 1070 g/mol. The molecule has 8 atom stereocenters. The van der Waals surface area contributed by atoms with Crippen molar-refractivity contribution in [2.45, 2.75) is 182 Å². The van der Waals surface area contributed by atoms with Gasteiger partial charge < -0.3 is 28.4 Å². The zero-order valence-corrected chi connectivity index (χ0v) is 52.0. The monoisotopic (exact) mass is 1170 g/mol. The number of carbonyl (C=O) groups excluding carboxylic acids is 4. The Labute approximate surface area is 512 Å². The molecule has 3 saturated carbocycles. The maximum absolute atomic E-state index is 13.1. The molecule has 3 fully saturated rings. The van der Waals surface area contributed by atoms with Crippen LogP contribution in [0.3, 0.4) is 0 Å². The van der Waals surface area contributed by atoms with Crippen LogP contribution in [0.1, 0.15) is 213 Å². The van der Waals surface area contributed by atoms with E-state index >= 15 is 0 Å². The molecule has 0 amide bonds. The average Bonchev–Trinajstić information content (AvgIpc) is 1.48. The van der Waals surface area contributed by atoms with Crippen molar-refractivity contribution in [2.24, 2.45) is 51.3 Å². The summed E-state index contributed by atoms with van der Waals surface area (Å²) in [5.74, 6) is 5.03. The van der Waals surface area contributed by atoms with E-state index in [2.05, 4.69) is 52.6 Å². The van der Waals surface area contributed by atoms with Crippen LogP contribution in [0.4, 0.5) is 5.69 Å². The van der Waals surface area contributed by atoms with Gasteiger partial charge >= 0.3 is 23.9 Å². The maximum atomic E-state index is 13.1. The van der Waals surface area contributed by atoms with Crippen molar-refractivity contribution in [1.29, 1.82) is 0 Å². The van der Waals surface area contributed by atoms with Gasteiger partial charge in [-0.25, -0.2) is 14.4 Å². The second-order valence-electron chi connectivity index (χ2n) is 26.0. The van der Waals surface area contributed by atoms with Crippen LogP contribution < -0.4 is 23.7 Å². The topological polar surface area (TPSA) is 136 Å². The van der Waals surface area contributed by atoms with Gasteiger partial charge in [-0.1, -0.05) is 123 Å². The van der Waals surface area contributed by atoms with Crippen molar-refractivity contribution >= 4 is 35.8 Å². The first-order valence-corrected chi connectivity index (χ1v) is 32.5. The molecule has 0 N–H and O–H groups in total. The van der Waals surface area contributed by atoms with E-state index in [9.17, 15) is 19.2 Å². The summed E-state index contributed by atoms with van der Waals surface area (Å²) >= 11 is 0. The van der Waals surface area contributed by atoms with Crippen LogP contribution in [0.5, 0.6) is 28.7 Å². The molecule has 0 aliphatic heterocycles. The van der Waals surface area contributed by atoms with E-state index in [-0.39, 0.29) is 40.3 Å². The minimum Gasteiger partial charge on any atom is -0.494 e. The largest absolute Gasteiger partial charge is 0.494 e. The number of hydrogen-bond donors (Lipinski definition) is 0. The Morgan fingerprint density at radius 2 is 1.15 bits per heavy atom. The quantitative estimate of drug-likeness (QED) is 0.0150. The smallest absolute Gasteiger partial charge is 0.343 e. The third-order valence-corrected chi connectivity index (χ3v) is 19.6. The summed E-state index contributed by atoms with van der Waals surface area (Å²) in [5, 5.41) is 0. The number of ether oxygens (including phenoxy) is 6. The molecule has 0 bridgehead atoms. The fourth-order valence-corrected chi connectivity index (χ4v) is 14.8. The number of esters is 4. The van der Waals surface area contributed by atoms with Crippen LogP contribution in [0, 0.1) is 46.3 Å². The molecule has 5 aromatic rings. The molecule has 4 aliphatic rings. The lowest BCUT2D eigenvalue weighted by Crippen LogP contribution is -2.51. The number of benzene rings is 5. The Morgan fingerprint density at radius 1 is 0.581 bits per heavy atom. The summed E-state index contributed by atoms with van der Waals surface area (Å²) in [6, 6.07) is 33.5. The Balaban J connectivity index is 0.648. The lowest BCUT2D eigenvalue weighted by atomic mass is 9.47.